The molecular weight excluding hydrogens is 256 g/mol. The maximum atomic E-state index is 9.72. The highest BCUT2D eigenvalue weighted by atomic mass is 32.1. The van der Waals surface area contributed by atoms with Crippen LogP contribution in [0.5, 0.6) is 0 Å². The predicted octanol–water partition coefficient (Wildman–Crippen LogP) is 0.130. The molecule has 0 aliphatic carbocycles. The molecular formula is C10H12N4O3S. The monoisotopic (exact) mass is 268 g/mol. The molecule has 1 aliphatic heterocycles. The lowest BCUT2D eigenvalue weighted by atomic mass is 10.2. The Labute approximate surface area is 107 Å². The van der Waals surface area contributed by atoms with Gasteiger partial charge in [0, 0.05) is 6.42 Å². The average Bonchev–Trinajstić information content (AvgIpc) is 2.93. The molecule has 3 heterocycles. The van der Waals surface area contributed by atoms with E-state index in [0.29, 0.717) is 22.2 Å². The number of H-pyrrole nitrogens is 1. The summed E-state index contributed by atoms with van der Waals surface area (Å²) in [6.45, 7) is -0.206. The van der Waals surface area contributed by atoms with Crippen LogP contribution in [0.2, 0.25) is 0 Å². The number of hydrogen-bond donors (Lipinski definition) is 3. The number of hydrogen-bond acceptors (Lipinski definition) is 6. The second-order valence-corrected chi connectivity index (χ2v) is 4.56. The lowest BCUT2D eigenvalue weighted by Crippen LogP contribution is -2.24. The molecule has 1 fully saturated rings. The predicted molar refractivity (Wildman–Crippen MR) is 64.3 cm³/mol. The molecule has 3 atom stereocenters. The van der Waals surface area contributed by atoms with Crippen LogP contribution in [-0.4, -0.2) is 48.5 Å². The van der Waals surface area contributed by atoms with Gasteiger partial charge in [-0.15, -0.1) is 0 Å². The van der Waals surface area contributed by atoms with Gasteiger partial charge in [0.05, 0.1) is 25.4 Å². The first kappa shape index (κ1) is 11.7. The van der Waals surface area contributed by atoms with Crippen molar-refractivity contribution >= 4 is 23.4 Å². The molecule has 18 heavy (non-hydrogen) atoms. The number of aromatic amines is 1. The summed E-state index contributed by atoms with van der Waals surface area (Å²) >= 11 is 5.07. The van der Waals surface area contributed by atoms with Crippen LogP contribution < -0.4 is 0 Å². The van der Waals surface area contributed by atoms with Gasteiger partial charge in [-0.2, -0.15) is 0 Å². The summed E-state index contributed by atoms with van der Waals surface area (Å²) in [5, 5.41) is 18.8. The number of nitrogens with one attached hydrogen (secondary N) is 1. The number of fused-ring (bicyclic) bond motifs is 1. The molecule has 0 radical (unpaired) electrons. The van der Waals surface area contributed by atoms with Crippen LogP contribution >= 0.6 is 12.2 Å². The fourth-order valence-corrected chi connectivity index (χ4v) is 2.34. The van der Waals surface area contributed by atoms with Gasteiger partial charge in [0.25, 0.3) is 0 Å². The van der Waals surface area contributed by atoms with Gasteiger partial charge < -0.3 is 19.9 Å². The van der Waals surface area contributed by atoms with Gasteiger partial charge in [-0.25, -0.2) is 9.97 Å². The number of aromatic nitrogens is 4. The van der Waals surface area contributed by atoms with Crippen molar-refractivity contribution in [3.63, 3.8) is 0 Å². The van der Waals surface area contributed by atoms with Crippen LogP contribution in [0.4, 0.5) is 0 Å². The quantitative estimate of drug-likeness (QED) is 0.670. The summed E-state index contributed by atoms with van der Waals surface area (Å²) in [7, 11) is 0. The summed E-state index contributed by atoms with van der Waals surface area (Å²) in [5.41, 5.74) is 1.30. The van der Waals surface area contributed by atoms with Gasteiger partial charge in [0.2, 0.25) is 0 Å². The summed E-state index contributed by atoms with van der Waals surface area (Å²) in [4.78, 5) is 11.1. The molecule has 7 nitrogen and oxygen atoms in total. The summed E-state index contributed by atoms with van der Waals surface area (Å²) < 4.78 is 7.74. The van der Waals surface area contributed by atoms with E-state index < -0.39 is 12.2 Å². The van der Waals surface area contributed by atoms with Crippen molar-refractivity contribution in [1.82, 2.24) is 19.5 Å². The molecule has 1 aliphatic rings. The molecule has 1 saturated heterocycles. The van der Waals surface area contributed by atoms with Gasteiger partial charge in [0.1, 0.15) is 23.5 Å². The Bertz CT molecular complexity index is 625. The van der Waals surface area contributed by atoms with Crippen molar-refractivity contribution in [2.45, 2.75) is 24.9 Å². The molecule has 0 bridgehead atoms. The Morgan fingerprint density at radius 3 is 3.11 bits per heavy atom. The third kappa shape index (κ3) is 1.74. The van der Waals surface area contributed by atoms with E-state index in [9.17, 15) is 5.11 Å². The van der Waals surface area contributed by atoms with E-state index in [1.165, 1.54) is 6.33 Å². The molecule has 2 aromatic rings. The zero-order chi connectivity index (χ0) is 12.7. The largest absolute Gasteiger partial charge is 0.394 e. The fourth-order valence-electron chi connectivity index (χ4n) is 2.14. The normalized spacial score (nSPS) is 28.0. The van der Waals surface area contributed by atoms with Crippen LogP contribution in [0, 0.1) is 4.64 Å². The highest BCUT2D eigenvalue weighted by Gasteiger charge is 2.35. The molecule has 2 aromatic heterocycles. The standard InChI is InChI=1S/C10H12N4O3S/c15-2-6-5(16)1-7(17-6)14-4-13-8-9(14)11-3-12-10(8)18/h3-7,15-16H,1-2H2,(H,11,12,18)/t5-,6-,7-/m0/s1. The molecule has 0 aromatic carbocycles. The third-order valence-electron chi connectivity index (χ3n) is 3.07. The summed E-state index contributed by atoms with van der Waals surface area (Å²) in [5.74, 6) is 0. The van der Waals surface area contributed by atoms with Gasteiger partial charge >= 0.3 is 0 Å². The Balaban J connectivity index is 2.01. The minimum atomic E-state index is -0.678. The second kappa shape index (κ2) is 4.39. The van der Waals surface area contributed by atoms with Crippen LogP contribution in [0.15, 0.2) is 12.7 Å². The zero-order valence-electron chi connectivity index (χ0n) is 9.35. The summed E-state index contributed by atoms with van der Waals surface area (Å²) in [6.07, 6.45) is 1.89. The number of nitrogens with zero attached hydrogens (tertiary/aromatic N) is 3. The van der Waals surface area contributed by atoms with Gasteiger partial charge in [-0.3, -0.25) is 4.57 Å². The first-order chi connectivity index (χ1) is 8.70. The van der Waals surface area contributed by atoms with E-state index in [2.05, 4.69) is 15.0 Å². The van der Waals surface area contributed by atoms with E-state index in [4.69, 9.17) is 22.1 Å². The molecule has 0 spiro atoms. The minimum absolute atomic E-state index is 0.206. The lowest BCUT2D eigenvalue weighted by Gasteiger charge is -2.13. The fraction of sp³-hybridized carbons (Fsp3) is 0.500. The number of imidazole rings is 1. The van der Waals surface area contributed by atoms with Gasteiger partial charge in [0.15, 0.2) is 4.64 Å². The maximum Gasteiger partial charge on any atom is 0.157 e. The molecule has 8 heteroatoms. The van der Waals surface area contributed by atoms with Crippen LogP contribution in [-0.2, 0) is 4.74 Å². The number of aliphatic hydroxyl groups is 2. The first-order valence-corrected chi connectivity index (χ1v) is 5.96. The summed E-state index contributed by atoms with van der Waals surface area (Å²) in [6, 6.07) is 0. The first-order valence-electron chi connectivity index (χ1n) is 5.55. The van der Waals surface area contributed by atoms with E-state index in [0.717, 1.165) is 0 Å². The number of rotatable bonds is 2. The van der Waals surface area contributed by atoms with Crippen molar-refractivity contribution in [3.05, 3.63) is 17.3 Å². The number of ether oxygens (including phenoxy) is 1. The smallest absolute Gasteiger partial charge is 0.157 e. The Morgan fingerprint density at radius 2 is 2.39 bits per heavy atom. The van der Waals surface area contributed by atoms with Crippen LogP contribution in [0.3, 0.4) is 0 Å². The van der Waals surface area contributed by atoms with Crippen molar-refractivity contribution in [2.75, 3.05) is 6.61 Å². The highest BCUT2D eigenvalue weighted by molar-refractivity contribution is 7.71. The zero-order valence-corrected chi connectivity index (χ0v) is 10.2. The molecule has 0 unspecified atom stereocenters. The lowest BCUT2D eigenvalue weighted by molar-refractivity contribution is -0.0432. The van der Waals surface area contributed by atoms with Crippen molar-refractivity contribution in [2.24, 2.45) is 0 Å². The molecule has 96 valence electrons. The van der Waals surface area contributed by atoms with E-state index in [1.807, 2.05) is 0 Å². The molecule has 0 amide bonds. The van der Waals surface area contributed by atoms with E-state index >= 15 is 0 Å². The van der Waals surface area contributed by atoms with Gasteiger partial charge in [-0.05, 0) is 0 Å². The average molecular weight is 268 g/mol. The molecule has 0 saturated carbocycles. The molecule has 3 rings (SSSR count). The Hall–Kier alpha value is -1.35. The molecule has 3 N–H and O–H groups in total. The highest BCUT2D eigenvalue weighted by Crippen LogP contribution is 2.30. The number of aliphatic hydroxyl groups excluding tert-OH is 2. The Morgan fingerprint density at radius 1 is 1.56 bits per heavy atom. The van der Waals surface area contributed by atoms with E-state index in [-0.39, 0.29) is 12.8 Å². The minimum Gasteiger partial charge on any atom is -0.394 e. The van der Waals surface area contributed by atoms with Crippen LogP contribution in [0.1, 0.15) is 12.6 Å². The SMILES string of the molecule is OC[C@@H]1O[C@H](n2cnc3c(=S)nc[nH]c32)C[C@@H]1O. The third-order valence-corrected chi connectivity index (χ3v) is 3.37. The van der Waals surface area contributed by atoms with Gasteiger partial charge in [-0.1, -0.05) is 12.2 Å². The second-order valence-electron chi connectivity index (χ2n) is 4.17. The van der Waals surface area contributed by atoms with Crippen molar-refractivity contribution in [3.8, 4) is 0 Å². The topological polar surface area (TPSA) is 96.2 Å². The van der Waals surface area contributed by atoms with Crippen molar-refractivity contribution < 1.29 is 14.9 Å². The maximum absolute atomic E-state index is 9.72. The Kier molecular flexibility index (Phi) is 2.86. The van der Waals surface area contributed by atoms with E-state index in [1.54, 1.807) is 10.9 Å². The van der Waals surface area contributed by atoms with Crippen LogP contribution in [0.25, 0.3) is 11.2 Å². The van der Waals surface area contributed by atoms with Crippen molar-refractivity contribution in [1.29, 1.82) is 0 Å².